The summed E-state index contributed by atoms with van der Waals surface area (Å²) >= 11 is 1.56. The highest BCUT2D eigenvalue weighted by Gasteiger charge is 2.26. The van der Waals surface area contributed by atoms with Crippen molar-refractivity contribution in [3.8, 4) is 0 Å². The number of fused-ring (bicyclic) bond motifs is 1. The predicted octanol–water partition coefficient (Wildman–Crippen LogP) is 4.37. The van der Waals surface area contributed by atoms with Crippen LogP contribution in [0.1, 0.15) is 18.1 Å². The lowest BCUT2D eigenvalue weighted by molar-refractivity contribution is -0.132. The molecule has 4 rings (SSSR count). The number of benzene rings is 2. The number of aryl methyl sites for hydroxylation is 1. The van der Waals surface area contributed by atoms with E-state index in [1.165, 1.54) is 16.5 Å². The van der Waals surface area contributed by atoms with Gasteiger partial charge in [-0.15, -0.1) is 0 Å². The van der Waals surface area contributed by atoms with Crippen LogP contribution in [0.4, 0.5) is 0 Å². The Morgan fingerprint density at radius 3 is 2.48 bits per heavy atom. The van der Waals surface area contributed by atoms with Crippen LogP contribution in [0.2, 0.25) is 0 Å². The van der Waals surface area contributed by atoms with Crippen molar-refractivity contribution in [1.29, 1.82) is 0 Å². The van der Waals surface area contributed by atoms with Crippen LogP contribution in [0.5, 0.6) is 0 Å². The molecule has 1 fully saturated rings. The van der Waals surface area contributed by atoms with Crippen LogP contribution in [0.15, 0.2) is 65.7 Å². The van der Waals surface area contributed by atoms with E-state index in [1.54, 1.807) is 11.8 Å². The molecule has 150 valence electrons. The van der Waals surface area contributed by atoms with Crippen LogP contribution in [0.3, 0.4) is 0 Å². The van der Waals surface area contributed by atoms with E-state index in [9.17, 15) is 4.79 Å². The lowest BCUT2D eigenvalue weighted by atomic mass is 10.1. The SMILES string of the molecule is Cc1cc(S[C@@H](C)C(=O)N2CCN(Cc3ccccc3)CC2)nc2ccccc12. The number of nitrogens with zero attached hydrogens (tertiary/aromatic N) is 3. The van der Waals surface area contributed by atoms with Crippen LogP contribution in [-0.4, -0.2) is 52.1 Å². The molecule has 0 spiro atoms. The molecule has 29 heavy (non-hydrogen) atoms. The number of carbonyl (C=O) groups is 1. The molecule has 0 N–H and O–H groups in total. The molecule has 0 unspecified atom stereocenters. The Hall–Kier alpha value is -2.37. The summed E-state index contributed by atoms with van der Waals surface area (Å²) in [6.07, 6.45) is 0. The highest BCUT2D eigenvalue weighted by molar-refractivity contribution is 8.00. The molecule has 4 nitrogen and oxygen atoms in total. The fraction of sp³-hybridized carbons (Fsp3) is 0.333. The molecule has 0 saturated carbocycles. The van der Waals surface area contributed by atoms with Crippen molar-refractivity contribution < 1.29 is 4.79 Å². The molecule has 3 aromatic rings. The van der Waals surface area contributed by atoms with Gasteiger partial charge in [-0.05, 0) is 37.1 Å². The van der Waals surface area contributed by atoms with Crippen molar-refractivity contribution in [3.05, 3.63) is 71.8 Å². The molecule has 5 heteroatoms. The third-order valence-electron chi connectivity index (χ3n) is 5.48. The van der Waals surface area contributed by atoms with E-state index in [2.05, 4.69) is 48.2 Å². The van der Waals surface area contributed by atoms with E-state index in [0.717, 1.165) is 43.3 Å². The average molecular weight is 406 g/mol. The van der Waals surface area contributed by atoms with Gasteiger partial charge >= 0.3 is 0 Å². The minimum absolute atomic E-state index is 0.135. The van der Waals surface area contributed by atoms with Crippen molar-refractivity contribution in [1.82, 2.24) is 14.8 Å². The minimum atomic E-state index is -0.135. The van der Waals surface area contributed by atoms with Gasteiger partial charge < -0.3 is 4.90 Å². The summed E-state index contributed by atoms with van der Waals surface area (Å²) in [6.45, 7) is 8.48. The third-order valence-corrected chi connectivity index (χ3v) is 6.48. The van der Waals surface area contributed by atoms with Crippen LogP contribution in [0, 0.1) is 6.92 Å². The highest BCUT2D eigenvalue weighted by Crippen LogP contribution is 2.27. The molecule has 1 aromatic heterocycles. The summed E-state index contributed by atoms with van der Waals surface area (Å²) in [5.41, 5.74) is 3.52. The minimum Gasteiger partial charge on any atom is -0.339 e. The number of hydrogen-bond acceptors (Lipinski definition) is 4. The van der Waals surface area contributed by atoms with E-state index in [4.69, 9.17) is 4.98 Å². The van der Waals surface area contributed by atoms with Gasteiger partial charge in [0.2, 0.25) is 5.91 Å². The first-order chi connectivity index (χ1) is 14.1. The molecule has 2 heterocycles. The van der Waals surface area contributed by atoms with Crippen LogP contribution >= 0.6 is 11.8 Å². The molecule has 1 aliphatic heterocycles. The number of hydrogen-bond donors (Lipinski definition) is 0. The second-order valence-corrected chi connectivity index (χ2v) is 9.00. The van der Waals surface area contributed by atoms with Crippen LogP contribution in [-0.2, 0) is 11.3 Å². The molecule has 1 saturated heterocycles. The molecule has 0 bridgehead atoms. The van der Waals surface area contributed by atoms with Crippen molar-refractivity contribution in [2.75, 3.05) is 26.2 Å². The Labute approximate surface area is 176 Å². The Balaban J connectivity index is 1.34. The summed E-state index contributed by atoms with van der Waals surface area (Å²) in [4.78, 5) is 22.2. The van der Waals surface area contributed by atoms with Gasteiger partial charge in [0.1, 0.15) is 0 Å². The third kappa shape index (κ3) is 4.80. The molecular weight excluding hydrogens is 378 g/mol. The molecule has 0 aliphatic carbocycles. The first kappa shape index (κ1) is 19.9. The maximum atomic E-state index is 13.0. The van der Waals surface area contributed by atoms with Crippen molar-refractivity contribution in [2.45, 2.75) is 30.7 Å². The van der Waals surface area contributed by atoms with Gasteiger partial charge in [0.25, 0.3) is 0 Å². The van der Waals surface area contributed by atoms with Gasteiger partial charge in [-0.2, -0.15) is 0 Å². The number of aromatic nitrogens is 1. The summed E-state index contributed by atoms with van der Waals surface area (Å²) < 4.78 is 0. The molecule has 1 atom stereocenters. The first-order valence-electron chi connectivity index (χ1n) is 10.2. The molecule has 2 aromatic carbocycles. The standard InChI is InChI=1S/C24H27N3OS/c1-18-16-23(25-22-11-7-6-10-21(18)22)29-19(2)24(28)27-14-12-26(13-15-27)17-20-8-4-3-5-9-20/h3-11,16,19H,12-15,17H2,1-2H3/t19-/m0/s1. The number of thioether (sulfide) groups is 1. The number of pyridine rings is 1. The quantitative estimate of drug-likeness (QED) is 0.591. The van der Waals surface area contributed by atoms with Gasteiger partial charge in [-0.25, -0.2) is 4.98 Å². The van der Waals surface area contributed by atoms with Crippen molar-refractivity contribution >= 4 is 28.6 Å². The zero-order valence-electron chi connectivity index (χ0n) is 17.0. The van der Waals surface area contributed by atoms with Crippen LogP contribution in [0.25, 0.3) is 10.9 Å². The number of amides is 1. The molecular formula is C24H27N3OS. The van der Waals surface area contributed by atoms with E-state index in [1.807, 2.05) is 36.1 Å². The van der Waals surface area contributed by atoms with Crippen molar-refractivity contribution in [2.24, 2.45) is 0 Å². The largest absolute Gasteiger partial charge is 0.339 e. The summed E-state index contributed by atoms with van der Waals surface area (Å²) in [7, 11) is 0. The lowest BCUT2D eigenvalue weighted by Gasteiger charge is -2.35. The average Bonchev–Trinajstić information content (AvgIpc) is 2.74. The van der Waals surface area contributed by atoms with Gasteiger partial charge in [0.15, 0.2) is 0 Å². The summed E-state index contributed by atoms with van der Waals surface area (Å²) in [5.74, 6) is 0.210. The number of piperazine rings is 1. The maximum Gasteiger partial charge on any atom is 0.235 e. The Kier molecular flexibility index (Phi) is 6.16. The summed E-state index contributed by atoms with van der Waals surface area (Å²) in [6, 6.07) is 20.8. The van der Waals surface area contributed by atoms with E-state index in [-0.39, 0.29) is 11.2 Å². The second-order valence-electron chi connectivity index (χ2n) is 7.64. The Bertz CT molecular complexity index is 984. The first-order valence-corrected chi connectivity index (χ1v) is 11.1. The topological polar surface area (TPSA) is 36.4 Å². The fourth-order valence-electron chi connectivity index (χ4n) is 3.84. The predicted molar refractivity (Wildman–Crippen MR) is 120 cm³/mol. The zero-order valence-corrected chi connectivity index (χ0v) is 17.9. The van der Waals surface area contributed by atoms with Gasteiger partial charge in [0, 0.05) is 38.1 Å². The molecule has 1 aliphatic rings. The van der Waals surface area contributed by atoms with E-state index >= 15 is 0 Å². The van der Waals surface area contributed by atoms with E-state index in [0.29, 0.717) is 0 Å². The van der Waals surface area contributed by atoms with Gasteiger partial charge in [-0.1, -0.05) is 60.3 Å². The molecule has 1 amide bonds. The second kappa shape index (κ2) is 8.97. The summed E-state index contributed by atoms with van der Waals surface area (Å²) in [5, 5.41) is 1.96. The van der Waals surface area contributed by atoms with E-state index < -0.39 is 0 Å². The highest BCUT2D eigenvalue weighted by atomic mass is 32.2. The Morgan fingerprint density at radius 2 is 1.72 bits per heavy atom. The number of rotatable bonds is 5. The number of carbonyl (C=O) groups excluding carboxylic acids is 1. The lowest BCUT2D eigenvalue weighted by Crippen LogP contribution is -2.50. The fourth-order valence-corrected chi connectivity index (χ4v) is 4.84. The monoisotopic (exact) mass is 405 g/mol. The zero-order chi connectivity index (χ0) is 20.2. The normalized spacial score (nSPS) is 16.1. The Morgan fingerprint density at radius 1 is 1.03 bits per heavy atom. The maximum absolute atomic E-state index is 13.0. The van der Waals surface area contributed by atoms with Crippen LogP contribution < -0.4 is 0 Å². The van der Waals surface area contributed by atoms with Gasteiger partial charge in [0.05, 0.1) is 15.8 Å². The van der Waals surface area contributed by atoms with Crippen molar-refractivity contribution in [3.63, 3.8) is 0 Å². The van der Waals surface area contributed by atoms with Gasteiger partial charge in [-0.3, -0.25) is 9.69 Å². The number of para-hydroxylation sites is 1. The smallest absolute Gasteiger partial charge is 0.235 e. The molecule has 0 radical (unpaired) electrons.